The quantitative estimate of drug-likeness (QED) is 0.513. The molecule has 3 atom stereocenters. The number of nitrogens with zero attached hydrogens (tertiary/aromatic N) is 4. The van der Waals surface area contributed by atoms with E-state index in [1.807, 2.05) is 36.1 Å². The molecule has 1 amide bonds. The molecule has 4 rings (SSSR count). The van der Waals surface area contributed by atoms with E-state index < -0.39 is 0 Å². The summed E-state index contributed by atoms with van der Waals surface area (Å²) in [6.07, 6.45) is 2.85. The normalized spacial score (nSPS) is 20.1. The minimum Gasteiger partial charge on any atom is -0.467 e. The maximum Gasteiger partial charge on any atom is 0.235 e. The van der Waals surface area contributed by atoms with Crippen molar-refractivity contribution in [1.82, 2.24) is 19.7 Å². The van der Waals surface area contributed by atoms with Crippen molar-refractivity contribution in [3.63, 3.8) is 0 Å². The molecular weight excluding hydrogens is 408 g/mol. The second-order valence-electron chi connectivity index (χ2n) is 8.74. The Bertz CT molecular complexity index is 1020. The van der Waals surface area contributed by atoms with Gasteiger partial charge in [-0.2, -0.15) is 0 Å². The van der Waals surface area contributed by atoms with E-state index in [1.165, 1.54) is 18.2 Å². The molecule has 0 radical (unpaired) electrons. The first-order chi connectivity index (χ1) is 14.9. The van der Waals surface area contributed by atoms with Gasteiger partial charge in [0.05, 0.1) is 18.1 Å². The minimum absolute atomic E-state index is 0.174. The summed E-state index contributed by atoms with van der Waals surface area (Å²) >= 11 is 1.47. The minimum atomic E-state index is -0.234. The number of furan rings is 1. The third-order valence-electron chi connectivity index (χ3n) is 5.81. The van der Waals surface area contributed by atoms with E-state index in [4.69, 9.17) is 4.42 Å². The van der Waals surface area contributed by atoms with Gasteiger partial charge in [0.1, 0.15) is 5.76 Å². The number of hydrogen-bond donors (Lipinski definition) is 0. The lowest BCUT2D eigenvalue weighted by atomic mass is 9.92. The Labute approximate surface area is 188 Å². The first-order valence-corrected chi connectivity index (χ1v) is 11.8. The maximum absolute atomic E-state index is 13.2. The van der Waals surface area contributed by atoms with Crippen molar-refractivity contribution in [2.45, 2.75) is 51.1 Å². The molecule has 0 saturated carbocycles. The van der Waals surface area contributed by atoms with E-state index in [2.05, 4.69) is 47.7 Å². The topological polar surface area (TPSA) is 64.2 Å². The van der Waals surface area contributed by atoms with Gasteiger partial charge in [0, 0.05) is 18.7 Å². The highest BCUT2D eigenvalue weighted by Crippen LogP contribution is 2.31. The van der Waals surface area contributed by atoms with Crippen molar-refractivity contribution >= 4 is 17.7 Å². The predicted molar refractivity (Wildman–Crippen MR) is 123 cm³/mol. The van der Waals surface area contributed by atoms with Crippen LogP contribution in [0.1, 0.15) is 38.5 Å². The van der Waals surface area contributed by atoms with Crippen LogP contribution in [0.25, 0.3) is 11.4 Å². The molecule has 7 heteroatoms. The molecule has 1 aromatic carbocycles. The number of likely N-dealkylation sites (tertiary alicyclic amines) is 1. The van der Waals surface area contributed by atoms with E-state index in [-0.39, 0.29) is 11.2 Å². The average molecular weight is 439 g/mol. The van der Waals surface area contributed by atoms with Gasteiger partial charge in [-0.1, -0.05) is 49.9 Å². The molecule has 31 heavy (non-hydrogen) atoms. The molecule has 1 fully saturated rings. The maximum atomic E-state index is 13.2. The molecule has 0 spiro atoms. The van der Waals surface area contributed by atoms with Gasteiger partial charge in [-0.05, 0) is 49.8 Å². The van der Waals surface area contributed by atoms with E-state index in [0.29, 0.717) is 18.4 Å². The molecule has 0 bridgehead atoms. The molecule has 3 aromatic rings. The zero-order valence-corrected chi connectivity index (χ0v) is 19.4. The second kappa shape index (κ2) is 9.30. The standard InChI is InChI=1S/C24H30N4O2S/c1-16-12-17(2)14-27(13-16)23(29)19(4)31-24-26-25-22(21-10-6-5-8-18(21)3)28(24)15-20-9-7-11-30-20/h5-11,16-17,19H,12-15H2,1-4H3. The number of amides is 1. The number of thioether (sulfide) groups is 1. The fraction of sp³-hybridized carbons (Fsp3) is 0.458. The molecule has 0 N–H and O–H groups in total. The van der Waals surface area contributed by atoms with Gasteiger partial charge in [-0.15, -0.1) is 10.2 Å². The van der Waals surface area contributed by atoms with E-state index in [0.717, 1.165) is 41.0 Å². The van der Waals surface area contributed by atoms with Crippen LogP contribution in [0.15, 0.2) is 52.2 Å². The molecule has 2 aromatic heterocycles. The lowest BCUT2D eigenvalue weighted by molar-refractivity contribution is -0.132. The van der Waals surface area contributed by atoms with Crippen LogP contribution in [-0.2, 0) is 11.3 Å². The molecule has 0 aliphatic carbocycles. The molecule has 1 aliphatic rings. The summed E-state index contributed by atoms with van der Waals surface area (Å²) < 4.78 is 7.65. The van der Waals surface area contributed by atoms with Gasteiger partial charge in [0.2, 0.25) is 5.91 Å². The van der Waals surface area contributed by atoms with Gasteiger partial charge in [0.25, 0.3) is 0 Å². The molecule has 3 unspecified atom stereocenters. The monoisotopic (exact) mass is 438 g/mol. The molecule has 164 valence electrons. The Morgan fingerprint density at radius 3 is 2.58 bits per heavy atom. The van der Waals surface area contributed by atoms with Crippen LogP contribution < -0.4 is 0 Å². The summed E-state index contributed by atoms with van der Waals surface area (Å²) in [6.45, 7) is 10.7. The number of hydrogen-bond acceptors (Lipinski definition) is 5. The number of rotatable bonds is 6. The largest absolute Gasteiger partial charge is 0.467 e. The van der Waals surface area contributed by atoms with Gasteiger partial charge in [0.15, 0.2) is 11.0 Å². The van der Waals surface area contributed by atoms with Gasteiger partial charge in [-0.3, -0.25) is 9.36 Å². The first kappa shape index (κ1) is 21.7. The zero-order chi connectivity index (χ0) is 22.0. The molecule has 1 aliphatic heterocycles. The number of aryl methyl sites for hydroxylation is 1. The lowest BCUT2D eigenvalue weighted by Crippen LogP contribution is -2.45. The summed E-state index contributed by atoms with van der Waals surface area (Å²) in [5.74, 6) is 2.87. The lowest BCUT2D eigenvalue weighted by Gasteiger charge is -2.36. The van der Waals surface area contributed by atoms with Crippen LogP contribution in [0.3, 0.4) is 0 Å². The number of benzene rings is 1. The Balaban J connectivity index is 1.60. The van der Waals surface area contributed by atoms with Crippen molar-refractivity contribution in [2.24, 2.45) is 11.8 Å². The van der Waals surface area contributed by atoms with Crippen molar-refractivity contribution in [3.8, 4) is 11.4 Å². The summed E-state index contributed by atoms with van der Waals surface area (Å²) in [7, 11) is 0. The van der Waals surface area contributed by atoms with Crippen molar-refractivity contribution in [2.75, 3.05) is 13.1 Å². The fourth-order valence-corrected chi connectivity index (χ4v) is 5.34. The molecule has 3 heterocycles. The highest BCUT2D eigenvalue weighted by Gasteiger charge is 2.30. The van der Waals surface area contributed by atoms with Crippen LogP contribution in [0, 0.1) is 18.8 Å². The summed E-state index contributed by atoms with van der Waals surface area (Å²) in [5, 5.41) is 9.47. The van der Waals surface area contributed by atoms with Gasteiger partial charge in [-0.25, -0.2) is 0 Å². The third-order valence-corrected chi connectivity index (χ3v) is 6.88. The van der Waals surface area contributed by atoms with Gasteiger partial charge >= 0.3 is 0 Å². The number of aromatic nitrogens is 3. The smallest absolute Gasteiger partial charge is 0.235 e. The van der Waals surface area contributed by atoms with E-state index in [1.54, 1.807) is 6.26 Å². The Hall–Kier alpha value is -2.54. The number of carbonyl (C=O) groups is 1. The van der Waals surface area contributed by atoms with Crippen LogP contribution >= 0.6 is 11.8 Å². The highest BCUT2D eigenvalue weighted by molar-refractivity contribution is 8.00. The Morgan fingerprint density at radius 2 is 1.90 bits per heavy atom. The third kappa shape index (κ3) is 4.87. The molecule has 1 saturated heterocycles. The van der Waals surface area contributed by atoms with Gasteiger partial charge < -0.3 is 9.32 Å². The van der Waals surface area contributed by atoms with Crippen molar-refractivity contribution < 1.29 is 9.21 Å². The van der Waals surface area contributed by atoms with Crippen molar-refractivity contribution in [3.05, 3.63) is 54.0 Å². The number of carbonyl (C=O) groups excluding carboxylic acids is 1. The summed E-state index contributed by atoms with van der Waals surface area (Å²) in [6, 6.07) is 12.0. The highest BCUT2D eigenvalue weighted by atomic mass is 32.2. The van der Waals surface area contributed by atoms with Crippen LogP contribution in [-0.4, -0.2) is 43.9 Å². The van der Waals surface area contributed by atoms with E-state index in [9.17, 15) is 4.79 Å². The molecular formula is C24H30N4O2S. The Morgan fingerprint density at radius 1 is 1.16 bits per heavy atom. The number of piperidine rings is 1. The predicted octanol–water partition coefficient (Wildman–Crippen LogP) is 4.88. The average Bonchev–Trinajstić information content (AvgIpc) is 3.38. The zero-order valence-electron chi connectivity index (χ0n) is 18.6. The summed E-state index contributed by atoms with van der Waals surface area (Å²) in [4.78, 5) is 15.2. The van der Waals surface area contributed by atoms with Crippen LogP contribution in [0.5, 0.6) is 0 Å². The van der Waals surface area contributed by atoms with Crippen molar-refractivity contribution in [1.29, 1.82) is 0 Å². The fourth-order valence-electron chi connectivity index (χ4n) is 4.41. The molecule has 6 nitrogen and oxygen atoms in total. The SMILES string of the molecule is Cc1ccccc1-c1nnc(SC(C)C(=O)N2CC(C)CC(C)C2)n1Cc1ccco1. The second-order valence-corrected chi connectivity index (χ2v) is 10.0. The van der Waals surface area contributed by atoms with Crippen LogP contribution in [0.4, 0.5) is 0 Å². The summed E-state index contributed by atoms with van der Waals surface area (Å²) in [5.41, 5.74) is 2.17. The van der Waals surface area contributed by atoms with Crippen LogP contribution in [0.2, 0.25) is 0 Å². The van der Waals surface area contributed by atoms with E-state index >= 15 is 0 Å². The first-order valence-electron chi connectivity index (χ1n) is 10.9. The Kier molecular flexibility index (Phi) is 6.51.